The smallest absolute Gasteiger partial charge is 0.225 e. The Balaban J connectivity index is 1.37. The fourth-order valence-electron chi connectivity index (χ4n) is 4.36. The summed E-state index contributed by atoms with van der Waals surface area (Å²) in [5.41, 5.74) is 0.918. The van der Waals surface area contributed by atoms with Gasteiger partial charge in [-0.3, -0.25) is 10.1 Å². The maximum absolute atomic E-state index is 6.45. The highest BCUT2D eigenvalue weighted by Crippen LogP contribution is 2.35. The molecule has 0 amide bonds. The third-order valence-electron chi connectivity index (χ3n) is 5.99. The van der Waals surface area contributed by atoms with Crippen LogP contribution >= 0.6 is 0 Å². The predicted molar refractivity (Wildman–Crippen MR) is 109 cm³/mol. The molecule has 3 aromatic heterocycles. The van der Waals surface area contributed by atoms with E-state index in [1.165, 1.54) is 0 Å². The van der Waals surface area contributed by atoms with E-state index < -0.39 is 0 Å². The molecule has 1 aliphatic carbocycles. The van der Waals surface area contributed by atoms with Crippen molar-refractivity contribution in [3.63, 3.8) is 0 Å². The van der Waals surface area contributed by atoms with Crippen LogP contribution in [-0.2, 0) is 4.74 Å². The first-order valence-corrected chi connectivity index (χ1v) is 10.4. The molecule has 2 fully saturated rings. The molecule has 1 saturated carbocycles. The Morgan fingerprint density at radius 2 is 2.10 bits per heavy atom. The average molecular weight is 394 g/mol. The van der Waals surface area contributed by atoms with Crippen molar-refractivity contribution in [3.8, 4) is 5.88 Å². The maximum Gasteiger partial charge on any atom is 0.225 e. The minimum atomic E-state index is 0.155. The second-order valence-corrected chi connectivity index (χ2v) is 7.94. The Hall–Kier alpha value is -2.74. The number of morpholine rings is 1. The first-order chi connectivity index (χ1) is 14.3. The van der Waals surface area contributed by atoms with Gasteiger partial charge in [-0.15, -0.1) is 0 Å². The predicted octanol–water partition coefficient (Wildman–Crippen LogP) is 3.08. The first kappa shape index (κ1) is 18.3. The Morgan fingerprint density at radius 3 is 2.90 bits per heavy atom. The summed E-state index contributed by atoms with van der Waals surface area (Å²) >= 11 is 0. The number of hydrogen-bond acceptors (Lipinski definition) is 7. The van der Waals surface area contributed by atoms with E-state index in [0.717, 1.165) is 54.8 Å². The summed E-state index contributed by atoms with van der Waals surface area (Å²) in [7, 11) is 0. The quantitative estimate of drug-likeness (QED) is 0.727. The van der Waals surface area contributed by atoms with E-state index in [1.54, 1.807) is 6.33 Å². The monoisotopic (exact) mass is 394 g/mol. The van der Waals surface area contributed by atoms with E-state index in [-0.39, 0.29) is 12.1 Å². The van der Waals surface area contributed by atoms with Crippen LogP contribution in [0.2, 0.25) is 0 Å². The van der Waals surface area contributed by atoms with Crippen LogP contribution in [0.15, 0.2) is 30.7 Å². The topological polar surface area (TPSA) is 89.0 Å². The van der Waals surface area contributed by atoms with Crippen molar-refractivity contribution in [2.24, 2.45) is 0 Å². The minimum Gasteiger partial charge on any atom is -0.474 e. The standard InChI is InChI=1S/C21H26N6O2/c1-14-12-28-10-9-27(14)19-11-18-17(3-2-8-22-18)21(25-19)29-16-6-4-15(5-7-16)20-23-13-24-26-20/h2-3,8,11,13-16H,4-7,9-10,12H2,1H3,(H,23,24,26)/t14-,15?,16?/m1/s1. The number of rotatable bonds is 4. The van der Waals surface area contributed by atoms with Gasteiger partial charge < -0.3 is 14.4 Å². The second kappa shape index (κ2) is 7.94. The van der Waals surface area contributed by atoms with Crippen LogP contribution in [0.1, 0.15) is 44.3 Å². The molecule has 0 unspecified atom stereocenters. The van der Waals surface area contributed by atoms with Crippen LogP contribution < -0.4 is 9.64 Å². The van der Waals surface area contributed by atoms with Crippen molar-refractivity contribution in [1.29, 1.82) is 0 Å². The molecule has 0 aromatic carbocycles. The molecule has 8 heteroatoms. The van der Waals surface area contributed by atoms with E-state index in [0.29, 0.717) is 25.0 Å². The van der Waals surface area contributed by atoms with Crippen molar-refractivity contribution >= 4 is 16.7 Å². The van der Waals surface area contributed by atoms with E-state index in [2.05, 4.69) is 38.1 Å². The van der Waals surface area contributed by atoms with Crippen LogP contribution in [-0.4, -0.2) is 57.1 Å². The van der Waals surface area contributed by atoms with Gasteiger partial charge in [-0.25, -0.2) is 4.98 Å². The Morgan fingerprint density at radius 1 is 1.21 bits per heavy atom. The second-order valence-electron chi connectivity index (χ2n) is 7.94. The van der Waals surface area contributed by atoms with Crippen molar-refractivity contribution in [2.45, 2.75) is 50.7 Å². The van der Waals surface area contributed by atoms with Gasteiger partial charge in [-0.2, -0.15) is 10.1 Å². The van der Waals surface area contributed by atoms with Gasteiger partial charge in [0.1, 0.15) is 24.1 Å². The Bertz CT molecular complexity index is 955. The molecular weight excluding hydrogens is 368 g/mol. The van der Waals surface area contributed by atoms with Crippen molar-refractivity contribution in [3.05, 3.63) is 36.5 Å². The molecule has 1 N–H and O–H groups in total. The van der Waals surface area contributed by atoms with Gasteiger partial charge in [0, 0.05) is 24.7 Å². The van der Waals surface area contributed by atoms with E-state index in [4.69, 9.17) is 14.5 Å². The lowest BCUT2D eigenvalue weighted by Gasteiger charge is -2.34. The number of H-pyrrole nitrogens is 1. The zero-order valence-corrected chi connectivity index (χ0v) is 16.6. The molecular formula is C21H26N6O2. The van der Waals surface area contributed by atoms with Crippen molar-refractivity contribution in [2.75, 3.05) is 24.7 Å². The molecule has 152 valence electrons. The van der Waals surface area contributed by atoms with Crippen LogP contribution in [0.5, 0.6) is 5.88 Å². The summed E-state index contributed by atoms with van der Waals surface area (Å²) < 4.78 is 12.0. The molecule has 0 bridgehead atoms. The molecule has 5 rings (SSSR count). The summed E-state index contributed by atoms with van der Waals surface area (Å²) in [6.07, 6.45) is 7.59. The lowest BCUT2D eigenvalue weighted by molar-refractivity contribution is 0.0982. The summed E-state index contributed by atoms with van der Waals surface area (Å²) in [6, 6.07) is 6.32. The summed E-state index contributed by atoms with van der Waals surface area (Å²) in [5.74, 6) is 3.02. The maximum atomic E-state index is 6.45. The fraction of sp³-hybridized carbons (Fsp3) is 0.524. The van der Waals surface area contributed by atoms with E-state index in [1.807, 2.05) is 18.3 Å². The number of aromatic amines is 1. The molecule has 0 radical (unpaired) electrons. The van der Waals surface area contributed by atoms with Gasteiger partial charge in [-0.05, 0) is 44.7 Å². The molecule has 1 atom stereocenters. The number of pyridine rings is 2. The number of fused-ring (bicyclic) bond motifs is 1. The highest BCUT2D eigenvalue weighted by Gasteiger charge is 2.27. The number of nitrogens with zero attached hydrogens (tertiary/aromatic N) is 5. The zero-order chi connectivity index (χ0) is 19.6. The summed E-state index contributed by atoms with van der Waals surface area (Å²) in [4.78, 5) is 16.1. The number of aromatic nitrogens is 5. The molecule has 3 aromatic rings. The van der Waals surface area contributed by atoms with Gasteiger partial charge in [0.05, 0.1) is 30.2 Å². The highest BCUT2D eigenvalue weighted by molar-refractivity contribution is 5.85. The van der Waals surface area contributed by atoms with Crippen LogP contribution in [0.25, 0.3) is 10.9 Å². The number of hydrogen-bond donors (Lipinski definition) is 1. The average Bonchev–Trinajstić information content (AvgIpc) is 3.29. The zero-order valence-electron chi connectivity index (χ0n) is 16.6. The van der Waals surface area contributed by atoms with E-state index in [9.17, 15) is 0 Å². The van der Waals surface area contributed by atoms with Crippen LogP contribution in [0, 0.1) is 0 Å². The highest BCUT2D eigenvalue weighted by atomic mass is 16.5. The third-order valence-corrected chi connectivity index (χ3v) is 5.99. The van der Waals surface area contributed by atoms with Gasteiger partial charge in [-0.1, -0.05) is 0 Å². The molecule has 8 nitrogen and oxygen atoms in total. The normalized spacial score (nSPS) is 25.3. The molecule has 1 saturated heterocycles. The van der Waals surface area contributed by atoms with Crippen molar-refractivity contribution < 1.29 is 9.47 Å². The van der Waals surface area contributed by atoms with Gasteiger partial charge in [0.25, 0.3) is 0 Å². The molecule has 0 spiro atoms. The molecule has 29 heavy (non-hydrogen) atoms. The summed E-state index contributed by atoms with van der Waals surface area (Å²) in [6.45, 7) is 4.42. The third kappa shape index (κ3) is 3.76. The van der Waals surface area contributed by atoms with Gasteiger partial charge in [0.15, 0.2) is 0 Å². The number of nitrogens with one attached hydrogen (secondary N) is 1. The SMILES string of the molecule is C[C@@H]1COCCN1c1cc2ncccc2c(OC2CCC(c3ncn[nH]3)CC2)n1. The van der Waals surface area contributed by atoms with E-state index >= 15 is 0 Å². The fourth-order valence-corrected chi connectivity index (χ4v) is 4.36. The minimum absolute atomic E-state index is 0.155. The number of anilines is 1. The van der Waals surface area contributed by atoms with Gasteiger partial charge in [0.2, 0.25) is 5.88 Å². The Labute approximate surface area is 169 Å². The molecule has 4 heterocycles. The number of ether oxygens (including phenoxy) is 2. The summed E-state index contributed by atoms with van der Waals surface area (Å²) in [5, 5.41) is 7.95. The van der Waals surface area contributed by atoms with Crippen LogP contribution in [0.3, 0.4) is 0 Å². The van der Waals surface area contributed by atoms with Crippen molar-refractivity contribution in [1.82, 2.24) is 25.1 Å². The Kier molecular flexibility index (Phi) is 5.01. The lowest BCUT2D eigenvalue weighted by Crippen LogP contribution is -2.44. The molecule has 2 aliphatic rings. The largest absolute Gasteiger partial charge is 0.474 e. The first-order valence-electron chi connectivity index (χ1n) is 10.4. The van der Waals surface area contributed by atoms with Gasteiger partial charge >= 0.3 is 0 Å². The molecule has 1 aliphatic heterocycles. The van der Waals surface area contributed by atoms with Crippen LogP contribution in [0.4, 0.5) is 5.82 Å². The lowest BCUT2D eigenvalue weighted by atomic mass is 9.87.